The molecule has 0 radical (unpaired) electrons. The van der Waals surface area contributed by atoms with E-state index in [4.69, 9.17) is 18.9 Å². The van der Waals surface area contributed by atoms with Gasteiger partial charge in [0.1, 0.15) is 18.1 Å². The summed E-state index contributed by atoms with van der Waals surface area (Å²) in [5.41, 5.74) is 0.339. The predicted octanol–water partition coefficient (Wildman–Crippen LogP) is 3.36. The monoisotopic (exact) mass is 330 g/mol. The molecule has 0 N–H and O–H groups in total. The molecule has 24 heavy (non-hydrogen) atoms. The van der Waals surface area contributed by atoms with Gasteiger partial charge in [0.15, 0.2) is 6.10 Å². The highest BCUT2D eigenvalue weighted by Crippen LogP contribution is 2.32. The average molecular weight is 330 g/mol. The third-order valence-corrected chi connectivity index (χ3v) is 3.46. The Labute approximate surface area is 141 Å². The molecule has 1 atom stereocenters. The lowest BCUT2D eigenvalue weighted by molar-refractivity contribution is -0.148. The first-order chi connectivity index (χ1) is 11.6. The van der Waals surface area contributed by atoms with Crippen LogP contribution in [0.1, 0.15) is 6.92 Å². The minimum Gasteiger partial charge on any atom is -0.496 e. The fraction of sp³-hybridized carbons (Fsp3) is 0.316. The van der Waals surface area contributed by atoms with Crippen molar-refractivity contribution in [2.24, 2.45) is 0 Å². The van der Waals surface area contributed by atoms with Crippen molar-refractivity contribution in [3.63, 3.8) is 0 Å². The zero-order valence-corrected chi connectivity index (χ0v) is 14.2. The van der Waals surface area contributed by atoms with Gasteiger partial charge in [-0.1, -0.05) is 30.8 Å². The van der Waals surface area contributed by atoms with Gasteiger partial charge in [-0.2, -0.15) is 0 Å². The van der Waals surface area contributed by atoms with E-state index in [1.165, 1.54) is 0 Å². The zero-order chi connectivity index (χ0) is 17.5. The van der Waals surface area contributed by atoms with Gasteiger partial charge in [-0.15, -0.1) is 0 Å². The summed E-state index contributed by atoms with van der Waals surface area (Å²) in [5.74, 6) is 1.01. The molecule has 0 spiro atoms. The van der Waals surface area contributed by atoms with Gasteiger partial charge in [0.25, 0.3) is 0 Å². The quantitative estimate of drug-likeness (QED) is 0.549. The molecular formula is C19H22O5. The Hall–Kier alpha value is -2.53. The first-order valence-electron chi connectivity index (χ1n) is 7.60. The Balaban J connectivity index is 2.16. The number of rotatable bonds is 8. The van der Waals surface area contributed by atoms with E-state index in [1.807, 2.05) is 36.4 Å². The third kappa shape index (κ3) is 4.26. The number of benzene rings is 2. The van der Waals surface area contributed by atoms with Crippen LogP contribution in [0.5, 0.6) is 11.5 Å². The number of hydrogen-bond acceptors (Lipinski definition) is 5. The van der Waals surface area contributed by atoms with Crippen molar-refractivity contribution in [3.05, 3.63) is 48.6 Å². The maximum Gasteiger partial charge on any atom is 0.333 e. The van der Waals surface area contributed by atoms with Crippen molar-refractivity contribution in [3.8, 4) is 11.5 Å². The van der Waals surface area contributed by atoms with Gasteiger partial charge in [0.05, 0.1) is 13.7 Å². The maximum absolute atomic E-state index is 11.7. The molecule has 128 valence electrons. The lowest BCUT2D eigenvalue weighted by Crippen LogP contribution is -2.29. The molecule has 2 aromatic rings. The number of ether oxygens (including phenoxy) is 4. The van der Waals surface area contributed by atoms with Gasteiger partial charge in [0, 0.05) is 23.5 Å². The van der Waals surface area contributed by atoms with Crippen molar-refractivity contribution >= 4 is 16.7 Å². The van der Waals surface area contributed by atoms with Crippen LogP contribution in [0.3, 0.4) is 0 Å². The molecule has 0 amide bonds. The lowest BCUT2D eigenvalue weighted by atomic mass is 10.1. The molecule has 2 rings (SSSR count). The highest BCUT2D eigenvalue weighted by molar-refractivity contribution is 5.93. The summed E-state index contributed by atoms with van der Waals surface area (Å²) in [4.78, 5) is 11.7. The molecule has 0 aliphatic carbocycles. The summed E-state index contributed by atoms with van der Waals surface area (Å²) < 4.78 is 21.7. The second kappa shape index (κ2) is 8.36. The summed E-state index contributed by atoms with van der Waals surface area (Å²) >= 11 is 0. The first kappa shape index (κ1) is 17.8. The van der Waals surface area contributed by atoms with Crippen LogP contribution in [-0.4, -0.2) is 39.5 Å². The molecule has 0 fully saturated rings. The minimum absolute atomic E-state index is 0.184. The molecule has 5 nitrogen and oxygen atoms in total. The van der Waals surface area contributed by atoms with E-state index in [1.54, 1.807) is 21.1 Å². The normalized spacial score (nSPS) is 11.8. The number of methoxy groups -OCH3 is 2. The number of esters is 1. The Morgan fingerprint density at radius 1 is 1.04 bits per heavy atom. The Morgan fingerprint density at radius 3 is 2.25 bits per heavy atom. The van der Waals surface area contributed by atoms with Crippen molar-refractivity contribution in [1.29, 1.82) is 0 Å². The van der Waals surface area contributed by atoms with E-state index in [9.17, 15) is 4.79 Å². The fourth-order valence-corrected chi connectivity index (χ4v) is 2.28. The summed E-state index contributed by atoms with van der Waals surface area (Å²) in [6, 6.07) is 11.5. The zero-order valence-electron chi connectivity index (χ0n) is 14.2. The van der Waals surface area contributed by atoms with Gasteiger partial charge in [-0.25, -0.2) is 4.79 Å². The maximum atomic E-state index is 11.7. The minimum atomic E-state index is -0.514. The Kier molecular flexibility index (Phi) is 6.21. The van der Waals surface area contributed by atoms with Crippen molar-refractivity contribution in [2.75, 3.05) is 27.4 Å². The van der Waals surface area contributed by atoms with Gasteiger partial charge < -0.3 is 18.9 Å². The first-order valence-corrected chi connectivity index (χ1v) is 7.60. The highest BCUT2D eigenvalue weighted by atomic mass is 16.6. The molecule has 1 unspecified atom stereocenters. The Morgan fingerprint density at radius 2 is 1.67 bits per heavy atom. The van der Waals surface area contributed by atoms with Gasteiger partial charge in [-0.05, 0) is 19.1 Å². The molecule has 0 aromatic heterocycles. The largest absolute Gasteiger partial charge is 0.496 e. The molecule has 5 heteroatoms. The molecule has 0 saturated heterocycles. The van der Waals surface area contributed by atoms with Crippen LogP contribution in [0, 0.1) is 0 Å². The Bertz CT molecular complexity index is 723. The summed E-state index contributed by atoms with van der Waals surface area (Å²) in [6.07, 6.45) is -0.514. The van der Waals surface area contributed by atoms with Crippen LogP contribution in [-0.2, 0) is 14.3 Å². The summed E-state index contributed by atoms with van der Waals surface area (Å²) in [7, 11) is 3.18. The molecule has 0 aliphatic heterocycles. The predicted molar refractivity (Wildman–Crippen MR) is 92.6 cm³/mol. The number of fused-ring (bicyclic) bond motifs is 1. The van der Waals surface area contributed by atoms with Crippen LogP contribution in [0.2, 0.25) is 0 Å². The smallest absolute Gasteiger partial charge is 0.333 e. The fourth-order valence-electron chi connectivity index (χ4n) is 2.28. The van der Waals surface area contributed by atoms with Gasteiger partial charge in [-0.3, -0.25) is 0 Å². The lowest BCUT2D eigenvalue weighted by Gasteiger charge is -2.19. The van der Waals surface area contributed by atoms with Gasteiger partial charge >= 0.3 is 5.97 Å². The van der Waals surface area contributed by atoms with E-state index in [0.717, 1.165) is 16.5 Å². The molecular weight excluding hydrogens is 308 g/mol. The molecule has 0 saturated carbocycles. The van der Waals surface area contributed by atoms with Crippen LogP contribution >= 0.6 is 0 Å². The molecule has 2 aromatic carbocycles. The average Bonchev–Trinajstić information content (AvgIpc) is 2.59. The van der Waals surface area contributed by atoms with Crippen molar-refractivity contribution in [1.82, 2.24) is 0 Å². The van der Waals surface area contributed by atoms with Crippen molar-refractivity contribution in [2.45, 2.75) is 13.0 Å². The van der Waals surface area contributed by atoms with E-state index in [-0.39, 0.29) is 13.2 Å². The number of carbonyl (C=O) groups excluding carboxylic acids is 1. The standard InChI is InChI=1S/C19H22O5/c1-13(2)19(20)24-14(11-21-3)12-23-18-10-9-17(22-4)15-7-5-6-8-16(15)18/h5-10,14H,1,11-12H2,2-4H3. The molecule has 0 aliphatic rings. The summed E-state index contributed by atoms with van der Waals surface area (Å²) in [5, 5.41) is 1.89. The topological polar surface area (TPSA) is 54.0 Å². The second-order valence-electron chi connectivity index (χ2n) is 5.39. The third-order valence-electron chi connectivity index (χ3n) is 3.46. The second-order valence-corrected chi connectivity index (χ2v) is 5.39. The van der Waals surface area contributed by atoms with Crippen LogP contribution in [0.15, 0.2) is 48.6 Å². The SMILES string of the molecule is C=C(C)C(=O)OC(COC)COc1ccc(OC)c2ccccc12. The van der Waals surface area contributed by atoms with Crippen LogP contribution < -0.4 is 9.47 Å². The van der Waals surface area contributed by atoms with E-state index in [0.29, 0.717) is 11.3 Å². The van der Waals surface area contributed by atoms with E-state index < -0.39 is 12.1 Å². The van der Waals surface area contributed by atoms with Gasteiger partial charge in [0.2, 0.25) is 0 Å². The molecule has 0 bridgehead atoms. The van der Waals surface area contributed by atoms with Crippen molar-refractivity contribution < 1.29 is 23.7 Å². The van der Waals surface area contributed by atoms with Crippen LogP contribution in [0.4, 0.5) is 0 Å². The van der Waals surface area contributed by atoms with E-state index in [2.05, 4.69) is 6.58 Å². The summed E-state index contributed by atoms with van der Waals surface area (Å²) in [6.45, 7) is 5.60. The van der Waals surface area contributed by atoms with Crippen LogP contribution in [0.25, 0.3) is 10.8 Å². The van der Waals surface area contributed by atoms with E-state index >= 15 is 0 Å². The molecule has 0 heterocycles. The number of hydrogen-bond donors (Lipinski definition) is 0. The highest BCUT2D eigenvalue weighted by Gasteiger charge is 2.17. The number of carbonyl (C=O) groups is 1.